The Hall–Kier alpha value is -0.660. The normalized spacial score (nSPS) is 30.9. The largest absolute Gasteiger partial charge is 0.300 e. The van der Waals surface area contributed by atoms with E-state index in [2.05, 4.69) is 0 Å². The van der Waals surface area contributed by atoms with Crippen LogP contribution in [0.2, 0.25) is 0 Å². The van der Waals surface area contributed by atoms with Gasteiger partial charge < -0.3 is 0 Å². The Kier molecular flexibility index (Phi) is 2.12. The molecule has 2 heteroatoms. The van der Waals surface area contributed by atoms with Gasteiger partial charge in [0.2, 0.25) is 0 Å². The molecule has 1 rings (SSSR count). The molecule has 1 saturated carbocycles. The third-order valence-electron chi connectivity index (χ3n) is 2.44. The molecular formula is C9H14O2. The lowest BCUT2D eigenvalue weighted by atomic mass is 9.83. The molecule has 1 aliphatic carbocycles. The van der Waals surface area contributed by atoms with Crippen LogP contribution in [-0.2, 0) is 9.59 Å². The molecule has 11 heavy (non-hydrogen) atoms. The Morgan fingerprint density at radius 1 is 1.64 bits per heavy atom. The summed E-state index contributed by atoms with van der Waals surface area (Å²) in [6.07, 6.45) is 2.96. The van der Waals surface area contributed by atoms with E-state index in [0.717, 1.165) is 12.8 Å². The molecule has 0 aliphatic heterocycles. The number of hydrogen-bond acceptors (Lipinski definition) is 2. The van der Waals surface area contributed by atoms with E-state index in [1.54, 1.807) is 6.92 Å². The standard InChI is InChI=1S/C9H14O2/c1-7(10)6-9(2)5-3-4-8(9)11/h3-6H2,1-2H3. The van der Waals surface area contributed by atoms with Gasteiger partial charge in [0.05, 0.1) is 0 Å². The number of rotatable bonds is 2. The summed E-state index contributed by atoms with van der Waals surface area (Å²) in [4.78, 5) is 22.1. The highest BCUT2D eigenvalue weighted by Crippen LogP contribution is 2.37. The van der Waals surface area contributed by atoms with Crippen LogP contribution in [0.1, 0.15) is 39.5 Å². The molecule has 1 aliphatic rings. The van der Waals surface area contributed by atoms with E-state index in [-0.39, 0.29) is 17.0 Å². The third-order valence-corrected chi connectivity index (χ3v) is 2.44. The average molecular weight is 154 g/mol. The third kappa shape index (κ3) is 1.67. The predicted molar refractivity (Wildman–Crippen MR) is 42.3 cm³/mol. The summed E-state index contributed by atoms with van der Waals surface area (Å²) in [6.45, 7) is 3.46. The molecule has 1 fully saturated rings. The Morgan fingerprint density at radius 3 is 2.64 bits per heavy atom. The molecule has 0 aromatic heterocycles. The average Bonchev–Trinajstić information content (AvgIpc) is 2.11. The molecule has 0 radical (unpaired) electrons. The molecule has 0 spiro atoms. The van der Waals surface area contributed by atoms with Crippen molar-refractivity contribution < 1.29 is 9.59 Å². The first-order valence-corrected chi connectivity index (χ1v) is 4.07. The van der Waals surface area contributed by atoms with Crippen LogP contribution in [0.15, 0.2) is 0 Å². The van der Waals surface area contributed by atoms with Crippen LogP contribution in [0.3, 0.4) is 0 Å². The summed E-state index contributed by atoms with van der Waals surface area (Å²) >= 11 is 0. The molecular weight excluding hydrogens is 140 g/mol. The van der Waals surface area contributed by atoms with Crippen molar-refractivity contribution in [1.82, 2.24) is 0 Å². The topological polar surface area (TPSA) is 34.1 Å². The zero-order chi connectivity index (χ0) is 8.48. The van der Waals surface area contributed by atoms with E-state index in [0.29, 0.717) is 12.8 Å². The van der Waals surface area contributed by atoms with Gasteiger partial charge in [0, 0.05) is 18.3 Å². The quantitative estimate of drug-likeness (QED) is 0.607. The van der Waals surface area contributed by atoms with E-state index in [1.807, 2.05) is 6.92 Å². The Balaban J connectivity index is 2.65. The van der Waals surface area contributed by atoms with Crippen molar-refractivity contribution in [2.24, 2.45) is 5.41 Å². The lowest BCUT2D eigenvalue weighted by molar-refractivity contribution is -0.130. The number of carbonyl (C=O) groups excluding carboxylic acids is 2. The van der Waals surface area contributed by atoms with Crippen molar-refractivity contribution >= 4 is 11.6 Å². The maximum atomic E-state index is 11.3. The summed E-state index contributed by atoms with van der Waals surface area (Å²) in [5.74, 6) is 0.399. The Bertz CT molecular complexity index is 196. The van der Waals surface area contributed by atoms with Gasteiger partial charge in [-0.25, -0.2) is 0 Å². The minimum atomic E-state index is -0.314. The second kappa shape index (κ2) is 2.76. The SMILES string of the molecule is CC(=O)CC1(C)CCCC1=O. The van der Waals surface area contributed by atoms with Gasteiger partial charge >= 0.3 is 0 Å². The van der Waals surface area contributed by atoms with Crippen LogP contribution >= 0.6 is 0 Å². The predicted octanol–water partition coefficient (Wildman–Crippen LogP) is 1.72. The highest BCUT2D eigenvalue weighted by molar-refractivity contribution is 5.91. The van der Waals surface area contributed by atoms with E-state index in [1.165, 1.54) is 0 Å². The molecule has 0 N–H and O–H groups in total. The summed E-state index contributed by atoms with van der Waals surface area (Å²) in [5, 5.41) is 0. The van der Waals surface area contributed by atoms with Crippen LogP contribution in [0.5, 0.6) is 0 Å². The summed E-state index contributed by atoms with van der Waals surface area (Å²) < 4.78 is 0. The second-order valence-corrected chi connectivity index (χ2v) is 3.72. The second-order valence-electron chi connectivity index (χ2n) is 3.72. The van der Waals surface area contributed by atoms with Crippen LogP contribution in [0.25, 0.3) is 0 Å². The van der Waals surface area contributed by atoms with Gasteiger partial charge in [-0.1, -0.05) is 6.92 Å². The molecule has 1 unspecified atom stereocenters. The fraction of sp³-hybridized carbons (Fsp3) is 0.778. The Labute approximate surface area is 67.0 Å². The van der Waals surface area contributed by atoms with Crippen molar-refractivity contribution in [3.63, 3.8) is 0 Å². The van der Waals surface area contributed by atoms with Gasteiger partial charge in [0.1, 0.15) is 11.6 Å². The van der Waals surface area contributed by atoms with Crippen LogP contribution < -0.4 is 0 Å². The van der Waals surface area contributed by atoms with Crippen molar-refractivity contribution in [2.75, 3.05) is 0 Å². The molecule has 62 valence electrons. The van der Waals surface area contributed by atoms with Gasteiger partial charge in [0.15, 0.2) is 0 Å². The molecule has 0 bridgehead atoms. The van der Waals surface area contributed by atoms with E-state index in [4.69, 9.17) is 0 Å². The van der Waals surface area contributed by atoms with Crippen molar-refractivity contribution in [2.45, 2.75) is 39.5 Å². The first-order chi connectivity index (χ1) is 5.04. The van der Waals surface area contributed by atoms with Gasteiger partial charge in [-0.05, 0) is 19.8 Å². The summed E-state index contributed by atoms with van der Waals surface area (Å²) in [5.41, 5.74) is -0.314. The molecule has 0 aromatic rings. The molecule has 0 heterocycles. The maximum absolute atomic E-state index is 11.3. The summed E-state index contributed by atoms with van der Waals surface area (Å²) in [7, 11) is 0. The maximum Gasteiger partial charge on any atom is 0.139 e. The van der Waals surface area contributed by atoms with Crippen molar-refractivity contribution in [3.8, 4) is 0 Å². The van der Waals surface area contributed by atoms with Gasteiger partial charge in [-0.3, -0.25) is 9.59 Å². The highest BCUT2D eigenvalue weighted by atomic mass is 16.1. The lowest BCUT2D eigenvalue weighted by Gasteiger charge is -2.19. The van der Waals surface area contributed by atoms with Gasteiger partial charge in [0.25, 0.3) is 0 Å². The lowest BCUT2D eigenvalue weighted by Crippen LogP contribution is -2.24. The number of Topliss-reactive ketones (excluding diaryl/α,β-unsaturated/α-hetero) is 2. The van der Waals surface area contributed by atoms with Gasteiger partial charge in [-0.2, -0.15) is 0 Å². The smallest absolute Gasteiger partial charge is 0.139 e. The van der Waals surface area contributed by atoms with E-state index >= 15 is 0 Å². The molecule has 1 atom stereocenters. The van der Waals surface area contributed by atoms with Gasteiger partial charge in [-0.15, -0.1) is 0 Å². The minimum Gasteiger partial charge on any atom is -0.300 e. The monoisotopic (exact) mass is 154 g/mol. The van der Waals surface area contributed by atoms with Crippen LogP contribution in [-0.4, -0.2) is 11.6 Å². The molecule has 2 nitrogen and oxygen atoms in total. The fourth-order valence-electron chi connectivity index (χ4n) is 1.82. The zero-order valence-electron chi connectivity index (χ0n) is 7.14. The van der Waals surface area contributed by atoms with Crippen molar-refractivity contribution in [1.29, 1.82) is 0 Å². The minimum absolute atomic E-state index is 0.128. The van der Waals surface area contributed by atoms with E-state index < -0.39 is 0 Å². The number of ketones is 2. The first-order valence-electron chi connectivity index (χ1n) is 4.07. The highest BCUT2D eigenvalue weighted by Gasteiger charge is 2.37. The van der Waals surface area contributed by atoms with Crippen LogP contribution in [0.4, 0.5) is 0 Å². The zero-order valence-corrected chi connectivity index (χ0v) is 7.14. The number of carbonyl (C=O) groups is 2. The summed E-state index contributed by atoms with van der Waals surface area (Å²) in [6, 6.07) is 0. The Morgan fingerprint density at radius 2 is 2.27 bits per heavy atom. The number of hydrogen-bond donors (Lipinski definition) is 0. The van der Waals surface area contributed by atoms with Crippen molar-refractivity contribution in [3.05, 3.63) is 0 Å². The van der Waals surface area contributed by atoms with E-state index in [9.17, 15) is 9.59 Å². The molecule has 0 aromatic carbocycles. The molecule has 0 amide bonds. The first kappa shape index (κ1) is 8.44. The fourth-order valence-corrected chi connectivity index (χ4v) is 1.82. The molecule has 0 saturated heterocycles. The van der Waals surface area contributed by atoms with Crippen LogP contribution in [0, 0.1) is 5.41 Å².